The lowest BCUT2D eigenvalue weighted by molar-refractivity contribution is -0.246. The van der Waals surface area contributed by atoms with E-state index in [0.29, 0.717) is 43.0 Å². The summed E-state index contributed by atoms with van der Waals surface area (Å²) in [5.74, 6) is 0.986. The number of rotatable bonds is 2. The Hall–Kier alpha value is -2.08. The number of fused-ring (bicyclic) bond motifs is 3. The normalized spacial score (nSPS) is 32.9. The summed E-state index contributed by atoms with van der Waals surface area (Å²) in [4.78, 5) is 18.3. The van der Waals surface area contributed by atoms with Crippen LogP contribution in [0.4, 0.5) is 5.69 Å². The summed E-state index contributed by atoms with van der Waals surface area (Å²) >= 11 is 12.6. The number of sulfonamides is 1. The lowest BCUT2D eigenvalue weighted by Crippen LogP contribution is -2.59. The fraction of sp³-hybridized carbons (Fsp3) is 0.658. The summed E-state index contributed by atoms with van der Waals surface area (Å²) in [5.41, 5.74) is 3.41. The van der Waals surface area contributed by atoms with E-state index < -0.39 is 21.2 Å². The summed E-state index contributed by atoms with van der Waals surface area (Å²) in [6.45, 7) is 8.67. The highest BCUT2D eigenvalue weighted by Gasteiger charge is 2.45. The van der Waals surface area contributed by atoms with Gasteiger partial charge in [0.05, 0.1) is 35.6 Å². The van der Waals surface area contributed by atoms with Crippen molar-refractivity contribution in [2.24, 2.45) is 23.7 Å². The molecule has 2 aromatic carbocycles. The smallest absolute Gasteiger partial charge is 0.264 e. The fourth-order valence-electron chi connectivity index (χ4n) is 8.52. The van der Waals surface area contributed by atoms with Gasteiger partial charge in [0.1, 0.15) is 12.4 Å². The van der Waals surface area contributed by atoms with Crippen LogP contribution < -0.4 is 14.4 Å². The quantitative estimate of drug-likeness (QED) is 0.342. The molecule has 0 radical (unpaired) electrons. The van der Waals surface area contributed by atoms with E-state index in [9.17, 15) is 13.2 Å². The molecule has 12 heteroatoms. The number of aryl methyl sites for hydroxylation is 1. The zero-order valence-electron chi connectivity index (χ0n) is 29.2. The van der Waals surface area contributed by atoms with Gasteiger partial charge >= 0.3 is 0 Å². The number of hydrogen-bond donors (Lipinski definition) is 1. The predicted molar refractivity (Wildman–Crippen MR) is 197 cm³/mol. The van der Waals surface area contributed by atoms with E-state index in [1.54, 1.807) is 13.0 Å². The minimum absolute atomic E-state index is 0.132. The topological polar surface area (TPSA) is 97.4 Å². The van der Waals surface area contributed by atoms with Crippen molar-refractivity contribution in [1.82, 2.24) is 9.62 Å². The van der Waals surface area contributed by atoms with Gasteiger partial charge in [-0.25, -0.2) is 13.1 Å². The van der Waals surface area contributed by atoms with E-state index >= 15 is 0 Å². The Morgan fingerprint density at radius 1 is 0.880 bits per heavy atom. The van der Waals surface area contributed by atoms with Crippen molar-refractivity contribution in [2.75, 3.05) is 44.3 Å². The van der Waals surface area contributed by atoms with E-state index in [2.05, 4.69) is 14.5 Å². The molecule has 1 amide bonds. The molecular weight excluding hydrogens is 697 g/mol. The summed E-state index contributed by atoms with van der Waals surface area (Å²) in [6, 6.07) is 11.5. The minimum atomic E-state index is -3.91. The standard InChI is InChI=1S/C38H51Cl2N3O6S/c1-24-6-5-8-34(38-48-22-32(23-49-38)43-19-31(40)20-43)33-13-10-28(33)18-42-15-4-3-7-26-16-30(39)12-9-29(26)21-47-36-14-11-27(17-35(36)42)37(44)41-50(45,46)25(24)2/h9,11-12,14,16-17,24-25,28,31-34,38H,3-8,10,13,15,18-23H2,1-2H3,(H,41,44)/t24-,25+,28-,32-,33+,34+,38+/m0/s1. The molecule has 1 N–H and O–H groups in total. The summed E-state index contributed by atoms with van der Waals surface area (Å²) in [6.07, 6.45) is 7.28. The molecule has 274 valence electrons. The van der Waals surface area contributed by atoms with Crippen molar-refractivity contribution in [3.63, 3.8) is 0 Å². The molecular formula is C38H51Cl2N3O6S. The van der Waals surface area contributed by atoms with Crippen LogP contribution in [0.15, 0.2) is 36.4 Å². The number of hydrogen-bond acceptors (Lipinski definition) is 8. The third-order valence-corrected chi connectivity index (χ3v) is 14.5. The number of halogens is 2. The zero-order chi connectivity index (χ0) is 35.0. The number of carbonyl (C=O) groups is 1. The summed E-state index contributed by atoms with van der Waals surface area (Å²) in [5, 5.41) is 0.198. The number of amides is 1. The largest absolute Gasteiger partial charge is 0.487 e. The molecule has 0 aromatic heterocycles. The third kappa shape index (κ3) is 7.96. The van der Waals surface area contributed by atoms with E-state index in [0.717, 1.165) is 93.8 Å². The van der Waals surface area contributed by atoms with Gasteiger partial charge < -0.3 is 19.1 Å². The lowest BCUT2D eigenvalue weighted by Gasteiger charge is -2.49. The van der Waals surface area contributed by atoms with Crippen LogP contribution in [0.5, 0.6) is 5.75 Å². The number of benzene rings is 2. The van der Waals surface area contributed by atoms with E-state index in [4.69, 9.17) is 37.4 Å². The van der Waals surface area contributed by atoms with E-state index in [1.807, 2.05) is 37.3 Å². The molecule has 7 rings (SSSR count). The van der Waals surface area contributed by atoms with Gasteiger partial charge in [-0.2, -0.15) is 0 Å². The second-order valence-corrected chi connectivity index (χ2v) is 18.4. The van der Waals surface area contributed by atoms with Crippen LogP contribution in [-0.4, -0.2) is 81.6 Å². The average molecular weight is 749 g/mol. The first-order valence-electron chi connectivity index (χ1n) is 18.5. The van der Waals surface area contributed by atoms with Gasteiger partial charge in [-0.05, 0) is 111 Å². The molecule has 0 unspecified atom stereocenters. The van der Waals surface area contributed by atoms with Gasteiger partial charge in [-0.1, -0.05) is 31.0 Å². The molecule has 50 heavy (non-hydrogen) atoms. The molecule has 2 bridgehead atoms. The molecule has 1 saturated carbocycles. The number of likely N-dealkylation sites (tertiary alicyclic amines) is 1. The molecule has 2 saturated heterocycles. The van der Waals surface area contributed by atoms with E-state index in [1.165, 1.54) is 5.56 Å². The first-order valence-corrected chi connectivity index (χ1v) is 20.9. The maximum absolute atomic E-state index is 13.5. The Balaban J connectivity index is 1.19. The molecule has 5 aliphatic rings. The highest BCUT2D eigenvalue weighted by Crippen LogP contribution is 2.46. The number of alkyl halides is 1. The van der Waals surface area contributed by atoms with Crippen LogP contribution in [0.3, 0.4) is 0 Å². The molecule has 1 aliphatic carbocycles. The van der Waals surface area contributed by atoms with E-state index in [-0.39, 0.29) is 29.5 Å². The van der Waals surface area contributed by atoms with Crippen LogP contribution in [0.2, 0.25) is 5.02 Å². The SMILES string of the molecule is C[C@@H]1[C@@H](C)CCC[C@@H]([C@H]2OC[C@@H](N3CC(Cl)C3)CO2)[C@@H]2CC[C@H]2CN2CCCCc3cc(Cl)ccc3COc3ccc(cc32)C(=O)NS1(=O)=O. The maximum Gasteiger partial charge on any atom is 0.264 e. The first kappa shape index (κ1) is 36.3. The molecule has 9 nitrogen and oxygen atoms in total. The van der Waals surface area contributed by atoms with Crippen LogP contribution in [0.1, 0.15) is 80.3 Å². The fourth-order valence-corrected chi connectivity index (χ4v) is 10.4. The second-order valence-electron chi connectivity index (χ2n) is 15.3. The van der Waals surface area contributed by atoms with Crippen LogP contribution in [0, 0.1) is 23.7 Å². The van der Waals surface area contributed by atoms with Gasteiger partial charge in [0.25, 0.3) is 5.91 Å². The van der Waals surface area contributed by atoms with Crippen LogP contribution in [-0.2, 0) is 32.5 Å². The number of nitrogens with one attached hydrogen (secondary N) is 1. The molecule has 4 aliphatic heterocycles. The van der Waals surface area contributed by atoms with Gasteiger partial charge in [-0.3, -0.25) is 9.69 Å². The molecule has 4 heterocycles. The third-order valence-electron chi connectivity index (χ3n) is 12.1. The second kappa shape index (κ2) is 15.5. The summed E-state index contributed by atoms with van der Waals surface area (Å²) in [7, 11) is -3.91. The van der Waals surface area contributed by atoms with Crippen molar-refractivity contribution in [3.8, 4) is 5.75 Å². The number of carbonyl (C=O) groups excluding carboxylic acids is 1. The van der Waals surface area contributed by atoms with Crippen LogP contribution >= 0.6 is 23.2 Å². The van der Waals surface area contributed by atoms with Crippen molar-refractivity contribution in [3.05, 3.63) is 58.1 Å². The van der Waals surface area contributed by atoms with Gasteiger partial charge in [0.15, 0.2) is 6.29 Å². The molecule has 0 spiro atoms. The van der Waals surface area contributed by atoms with Crippen molar-refractivity contribution < 1.29 is 27.4 Å². The zero-order valence-corrected chi connectivity index (χ0v) is 31.5. The van der Waals surface area contributed by atoms with Gasteiger partial charge in [0, 0.05) is 42.7 Å². The van der Waals surface area contributed by atoms with Crippen molar-refractivity contribution in [2.45, 2.75) is 94.8 Å². The lowest BCUT2D eigenvalue weighted by atomic mass is 9.65. The number of anilines is 1. The van der Waals surface area contributed by atoms with Crippen molar-refractivity contribution >= 4 is 44.8 Å². The Labute approximate surface area is 307 Å². The van der Waals surface area contributed by atoms with Gasteiger partial charge in [0.2, 0.25) is 10.0 Å². The van der Waals surface area contributed by atoms with Gasteiger partial charge in [-0.15, -0.1) is 11.6 Å². The average Bonchev–Trinajstić information content (AvgIpc) is 3.10. The Kier molecular flexibility index (Phi) is 11.2. The number of nitrogens with zero attached hydrogens (tertiary/aromatic N) is 2. The van der Waals surface area contributed by atoms with Crippen molar-refractivity contribution in [1.29, 1.82) is 0 Å². The maximum atomic E-state index is 13.5. The number of ether oxygens (including phenoxy) is 3. The Morgan fingerprint density at radius 2 is 1.68 bits per heavy atom. The highest BCUT2D eigenvalue weighted by molar-refractivity contribution is 7.90. The van der Waals surface area contributed by atoms with Crippen LogP contribution in [0.25, 0.3) is 0 Å². The molecule has 5 atom stereocenters. The molecule has 3 fully saturated rings. The Morgan fingerprint density at radius 3 is 2.42 bits per heavy atom. The Bertz CT molecular complexity index is 1630. The minimum Gasteiger partial charge on any atom is -0.487 e. The first-order chi connectivity index (χ1) is 24.1. The monoisotopic (exact) mass is 747 g/mol. The highest BCUT2D eigenvalue weighted by atomic mass is 35.5. The molecule has 2 aromatic rings. The predicted octanol–water partition coefficient (Wildman–Crippen LogP) is 6.64. The summed E-state index contributed by atoms with van der Waals surface area (Å²) < 4.78 is 48.9.